The number of ether oxygens (including phenoxy) is 1. The highest BCUT2D eigenvalue weighted by atomic mass is 32.1. The molecule has 1 saturated carbocycles. The molecule has 1 saturated heterocycles. The van der Waals surface area contributed by atoms with Gasteiger partial charge < -0.3 is 9.26 Å². The van der Waals surface area contributed by atoms with Crippen molar-refractivity contribution in [1.82, 2.24) is 15.0 Å². The average Bonchev–Trinajstić information content (AvgIpc) is 2.96. The number of nitrogens with zero attached hydrogens (tertiary/aromatic N) is 3. The number of hydrogen-bond acceptors (Lipinski definition) is 6. The fourth-order valence-corrected chi connectivity index (χ4v) is 3.66. The quantitative estimate of drug-likeness (QED) is 0.784. The van der Waals surface area contributed by atoms with E-state index in [1.54, 1.807) is 11.3 Å². The summed E-state index contributed by atoms with van der Waals surface area (Å²) in [6.45, 7) is 3.44. The first-order valence-corrected chi connectivity index (χ1v) is 8.93. The van der Waals surface area contributed by atoms with Gasteiger partial charge in [0.2, 0.25) is 5.89 Å². The van der Waals surface area contributed by atoms with Crippen LogP contribution in [0.15, 0.2) is 22.0 Å². The van der Waals surface area contributed by atoms with Gasteiger partial charge in [-0.2, -0.15) is 4.98 Å². The average molecular weight is 319 g/mol. The first-order chi connectivity index (χ1) is 10.9. The minimum absolute atomic E-state index is 0.339. The molecule has 0 radical (unpaired) electrons. The molecule has 1 atom stereocenters. The summed E-state index contributed by atoms with van der Waals surface area (Å²) in [6.07, 6.45) is 5.06. The van der Waals surface area contributed by atoms with Crippen molar-refractivity contribution < 1.29 is 9.26 Å². The Labute approximate surface area is 134 Å². The molecule has 2 aliphatic rings. The highest BCUT2D eigenvalue weighted by molar-refractivity contribution is 7.09. The van der Waals surface area contributed by atoms with Gasteiger partial charge in [0.15, 0.2) is 5.82 Å². The van der Waals surface area contributed by atoms with E-state index in [0.29, 0.717) is 18.6 Å². The molecule has 1 aliphatic carbocycles. The monoisotopic (exact) mass is 319 g/mol. The summed E-state index contributed by atoms with van der Waals surface area (Å²) in [5, 5.41) is 6.24. The second-order valence-corrected chi connectivity index (χ2v) is 7.24. The Bertz CT molecular complexity index is 588. The van der Waals surface area contributed by atoms with Crippen molar-refractivity contribution in [2.24, 2.45) is 0 Å². The SMILES string of the molecule is c1csc(CN(Cc2nc(C3CC3)no2)C[C@@H]2CCCO2)c1. The summed E-state index contributed by atoms with van der Waals surface area (Å²) in [6, 6.07) is 4.28. The van der Waals surface area contributed by atoms with Crippen LogP contribution < -0.4 is 0 Å². The molecule has 2 aromatic heterocycles. The summed E-state index contributed by atoms with van der Waals surface area (Å²) in [5.41, 5.74) is 0. The van der Waals surface area contributed by atoms with Crippen LogP contribution in [0.2, 0.25) is 0 Å². The Balaban J connectivity index is 1.42. The highest BCUT2D eigenvalue weighted by Gasteiger charge is 2.29. The lowest BCUT2D eigenvalue weighted by molar-refractivity contribution is 0.0644. The molecule has 0 unspecified atom stereocenters. The molecule has 5 nitrogen and oxygen atoms in total. The lowest BCUT2D eigenvalue weighted by Crippen LogP contribution is -2.31. The van der Waals surface area contributed by atoms with Gasteiger partial charge in [-0.3, -0.25) is 4.90 Å². The van der Waals surface area contributed by atoms with Gasteiger partial charge >= 0.3 is 0 Å². The van der Waals surface area contributed by atoms with Crippen LogP contribution in [0.1, 0.15) is 48.2 Å². The second kappa shape index (κ2) is 6.48. The zero-order chi connectivity index (χ0) is 14.8. The summed E-state index contributed by atoms with van der Waals surface area (Å²) in [4.78, 5) is 8.29. The molecule has 0 N–H and O–H groups in total. The third-order valence-corrected chi connectivity index (χ3v) is 5.09. The minimum atomic E-state index is 0.339. The zero-order valence-electron chi connectivity index (χ0n) is 12.6. The van der Waals surface area contributed by atoms with Crippen LogP contribution in [0.5, 0.6) is 0 Å². The van der Waals surface area contributed by atoms with Crippen molar-refractivity contribution >= 4 is 11.3 Å². The Morgan fingerprint density at radius 1 is 1.27 bits per heavy atom. The highest BCUT2D eigenvalue weighted by Crippen LogP contribution is 2.38. The summed E-state index contributed by atoms with van der Waals surface area (Å²) >= 11 is 1.79. The smallest absolute Gasteiger partial charge is 0.240 e. The van der Waals surface area contributed by atoms with Crippen molar-refractivity contribution in [2.75, 3.05) is 13.2 Å². The molecular weight excluding hydrogens is 298 g/mol. The molecule has 2 fully saturated rings. The Hall–Kier alpha value is -1.24. The van der Waals surface area contributed by atoms with Crippen LogP contribution >= 0.6 is 11.3 Å². The summed E-state index contributed by atoms with van der Waals surface area (Å²) in [5.74, 6) is 2.17. The van der Waals surface area contributed by atoms with Crippen LogP contribution in [0, 0.1) is 0 Å². The molecule has 0 aromatic carbocycles. The minimum Gasteiger partial charge on any atom is -0.377 e. The maximum Gasteiger partial charge on any atom is 0.240 e. The predicted molar refractivity (Wildman–Crippen MR) is 83.7 cm³/mol. The fraction of sp³-hybridized carbons (Fsp3) is 0.625. The lowest BCUT2D eigenvalue weighted by atomic mass is 10.2. The summed E-state index contributed by atoms with van der Waals surface area (Å²) in [7, 11) is 0. The van der Waals surface area contributed by atoms with Gasteiger partial charge in [0.05, 0.1) is 12.6 Å². The first kappa shape index (κ1) is 14.4. The molecule has 0 bridgehead atoms. The van der Waals surface area contributed by atoms with E-state index in [2.05, 4.69) is 32.6 Å². The number of aromatic nitrogens is 2. The summed E-state index contributed by atoms with van der Waals surface area (Å²) < 4.78 is 11.2. The number of hydrogen-bond donors (Lipinski definition) is 0. The normalized spacial score (nSPS) is 21.8. The van der Waals surface area contributed by atoms with Crippen molar-refractivity contribution in [3.63, 3.8) is 0 Å². The molecule has 1 aliphatic heterocycles. The van der Waals surface area contributed by atoms with E-state index in [1.807, 2.05) is 0 Å². The second-order valence-electron chi connectivity index (χ2n) is 6.20. The van der Waals surface area contributed by atoms with Crippen molar-refractivity contribution in [2.45, 2.75) is 50.8 Å². The van der Waals surface area contributed by atoms with E-state index in [-0.39, 0.29) is 0 Å². The van der Waals surface area contributed by atoms with Crippen molar-refractivity contribution in [1.29, 1.82) is 0 Å². The zero-order valence-corrected chi connectivity index (χ0v) is 13.4. The molecule has 0 amide bonds. The Morgan fingerprint density at radius 3 is 2.95 bits per heavy atom. The molecule has 22 heavy (non-hydrogen) atoms. The third-order valence-electron chi connectivity index (χ3n) is 4.23. The predicted octanol–water partition coefficient (Wildman–Crippen LogP) is 3.19. The van der Waals surface area contributed by atoms with E-state index >= 15 is 0 Å². The van der Waals surface area contributed by atoms with Crippen LogP contribution in [-0.4, -0.2) is 34.3 Å². The largest absolute Gasteiger partial charge is 0.377 e. The molecular formula is C16H21N3O2S. The standard InChI is InChI=1S/C16H21N3O2S/c1-3-13(20-7-1)9-19(10-14-4-2-8-22-14)11-15-17-16(18-21-15)12-5-6-12/h2,4,8,12-13H,1,3,5-7,9-11H2/t13-/m0/s1. The van der Waals surface area contributed by atoms with Gasteiger partial charge in [-0.05, 0) is 37.1 Å². The molecule has 2 aromatic rings. The van der Waals surface area contributed by atoms with Crippen LogP contribution in [-0.2, 0) is 17.8 Å². The number of rotatable bonds is 7. The van der Waals surface area contributed by atoms with Crippen LogP contribution in [0.25, 0.3) is 0 Å². The van der Waals surface area contributed by atoms with Gasteiger partial charge in [0.1, 0.15) is 0 Å². The van der Waals surface area contributed by atoms with Gasteiger partial charge in [-0.15, -0.1) is 11.3 Å². The van der Waals surface area contributed by atoms with Crippen LogP contribution in [0.3, 0.4) is 0 Å². The third kappa shape index (κ3) is 3.56. The molecule has 3 heterocycles. The van der Waals surface area contributed by atoms with E-state index < -0.39 is 0 Å². The molecule has 6 heteroatoms. The van der Waals surface area contributed by atoms with E-state index in [0.717, 1.165) is 37.8 Å². The van der Waals surface area contributed by atoms with E-state index in [9.17, 15) is 0 Å². The van der Waals surface area contributed by atoms with Gasteiger partial charge in [0, 0.05) is 30.5 Å². The van der Waals surface area contributed by atoms with E-state index in [4.69, 9.17) is 9.26 Å². The Kier molecular flexibility index (Phi) is 4.23. The molecule has 4 rings (SSSR count). The van der Waals surface area contributed by atoms with Crippen molar-refractivity contribution in [3.05, 3.63) is 34.1 Å². The van der Waals surface area contributed by atoms with Gasteiger partial charge in [-0.25, -0.2) is 0 Å². The first-order valence-electron chi connectivity index (χ1n) is 8.05. The maximum absolute atomic E-state index is 5.79. The van der Waals surface area contributed by atoms with Crippen molar-refractivity contribution in [3.8, 4) is 0 Å². The Morgan fingerprint density at radius 2 is 2.23 bits per heavy atom. The van der Waals surface area contributed by atoms with Gasteiger partial charge in [0.25, 0.3) is 0 Å². The fourth-order valence-electron chi connectivity index (χ4n) is 2.92. The number of thiophene rings is 1. The van der Waals surface area contributed by atoms with Gasteiger partial charge in [-0.1, -0.05) is 11.2 Å². The molecule has 0 spiro atoms. The van der Waals surface area contributed by atoms with Crippen LogP contribution in [0.4, 0.5) is 0 Å². The topological polar surface area (TPSA) is 51.4 Å². The maximum atomic E-state index is 5.79. The van der Waals surface area contributed by atoms with E-state index in [1.165, 1.54) is 24.1 Å². The lowest BCUT2D eigenvalue weighted by Gasteiger charge is -2.23. The molecule has 118 valence electrons.